The zero-order valence-electron chi connectivity index (χ0n) is 19.1. The number of hydrogen-bond acceptors (Lipinski definition) is 5. The van der Waals surface area contributed by atoms with E-state index in [4.69, 9.17) is 0 Å². The second-order valence-corrected chi connectivity index (χ2v) is 9.54. The Morgan fingerprint density at radius 1 is 1.14 bits per heavy atom. The molecule has 1 amide bonds. The number of hydrogen-bond donors (Lipinski definition) is 1. The predicted octanol–water partition coefficient (Wildman–Crippen LogP) is 5.12. The average molecular weight is 529 g/mol. The van der Waals surface area contributed by atoms with Crippen molar-refractivity contribution in [1.29, 1.82) is 5.26 Å². The van der Waals surface area contributed by atoms with Gasteiger partial charge in [-0.15, -0.1) is 0 Å². The summed E-state index contributed by atoms with van der Waals surface area (Å²) in [4.78, 5) is 32.4. The minimum Gasteiger partial charge on any atom is -0.506 e. The quantitative estimate of drug-likeness (QED) is 0.397. The molecule has 5 rings (SSSR count). The third kappa shape index (κ3) is 3.69. The van der Waals surface area contributed by atoms with Crippen molar-refractivity contribution in [2.45, 2.75) is 25.8 Å². The minimum absolute atomic E-state index is 0.0228. The van der Waals surface area contributed by atoms with E-state index in [-0.39, 0.29) is 40.3 Å². The van der Waals surface area contributed by atoms with Crippen LogP contribution in [0.1, 0.15) is 25.3 Å². The van der Waals surface area contributed by atoms with Crippen LogP contribution >= 0.6 is 15.9 Å². The van der Waals surface area contributed by atoms with Gasteiger partial charge in [-0.05, 0) is 49.2 Å². The van der Waals surface area contributed by atoms with Crippen LogP contribution < -0.4 is 10.5 Å². The average Bonchev–Trinajstić information content (AvgIpc) is 3.20. The van der Waals surface area contributed by atoms with E-state index in [1.807, 2.05) is 31.2 Å². The normalized spacial score (nSPS) is 15.5. The molecule has 1 fully saturated rings. The zero-order valence-corrected chi connectivity index (χ0v) is 20.7. The molecule has 1 N–H and O–H groups in total. The molecular formula is C27H21BrN4O3. The van der Waals surface area contributed by atoms with Gasteiger partial charge in [-0.25, -0.2) is 4.98 Å². The first-order valence-corrected chi connectivity index (χ1v) is 11.9. The summed E-state index contributed by atoms with van der Waals surface area (Å²) in [6.45, 7) is 1.91. The summed E-state index contributed by atoms with van der Waals surface area (Å²) >= 11 is 3.43. The number of aromatic nitrogens is 2. The van der Waals surface area contributed by atoms with Gasteiger partial charge in [0.25, 0.3) is 5.56 Å². The molecule has 0 radical (unpaired) electrons. The first-order chi connectivity index (χ1) is 16.8. The zero-order chi connectivity index (χ0) is 24.9. The van der Waals surface area contributed by atoms with Gasteiger partial charge in [0.1, 0.15) is 22.9 Å². The molecule has 1 atom stereocenters. The van der Waals surface area contributed by atoms with E-state index < -0.39 is 5.56 Å². The summed E-state index contributed by atoms with van der Waals surface area (Å²) in [6.07, 6.45) is 1.00. The first-order valence-electron chi connectivity index (χ1n) is 11.2. The molecule has 1 aliphatic heterocycles. The lowest BCUT2D eigenvalue weighted by atomic mass is 9.97. The number of carbonyl (C=O) groups is 1. The highest BCUT2D eigenvalue weighted by Crippen LogP contribution is 2.39. The van der Waals surface area contributed by atoms with Gasteiger partial charge in [0, 0.05) is 34.9 Å². The Kier molecular flexibility index (Phi) is 5.65. The standard InChI is InChI=1S/C27H21BrN4O3/c1-15-7-12-23(33)32(15)26-20(14-29)19(16-8-10-17(28)11-9-16)13-21(30-26)24-25(34)18-5-3-4-6-22(18)31(2)27(24)35/h3-6,8-11,13,15,34H,7,12H2,1-2H3. The lowest BCUT2D eigenvalue weighted by molar-refractivity contribution is -0.117. The number of rotatable bonds is 3. The van der Waals surface area contributed by atoms with Crippen LogP contribution in [0.15, 0.2) is 63.9 Å². The maximum absolute atomic E-state index is 13.4. The van der Waals surface area contributed by atoms with Crippen molar-refractivity contribution in [3.8, 4) is 34.2 Å². The molecule has 0 aliphatic carbocycles. The van der Waals surface area contributed by atoms with Crippen LogP contribution in [0.4, 0.5) is 5.82 Å². The third-order valence-electron chi connectivity index (χ3n) is 6.51. The lowest BCUT2D eigenvalue weighted by Gasteiger charge is -2.24. The topological polar surface area (TPSA) is 99.2 Å². The van der Waals surface area contributed by atoms with Gasteiger partial charge in [-0.2, -0.15) is 5.26 Å². The molecule has 0 bridgehead atoms. The van der Waals surface area contributed by atoms with Crippen LogP contribution in [0.5, 0.6) is 5.75 Å². The number of halogens is 1. The van der Waals surface area contributed by atoms with Crippen molar-refractivity contribution in [3.05, 3.63) is 75.0 Å². The van der Waals surface area contributed by atoms with E-state index in [1.54, 1.807) is 37.4 Å². The van der Waals surface area contributed by atoms with Crippen LogP contribution in [-0.4, -0.2) is 26.6 Å². The molecule has 0 saturated carbocycles. The fourth-order valence-corrected chi connectivity index (χ4v) is 4.93. The second kappa shape index (κ2) is 8.67. The van der Waals surface area contributed by atoms with E-state index >= 15 is 0 Å². The summed E-state index contributed by atoms with van der Waals surface area (Å²) in [5, 5.41) is 21.8. The van der Waals surface area contributed by atoms with E-state index in [2.05, 4.69) is 27.0 Å². The Hall–Kier alpha value is -3.96. The van der Waals surface area contributed by atoms with Gasteiger partial charge in [0.05, 0.1) is 11.2 Å². The highest BCUT2D eigenvalue weighted by molar-refractivity contribution is 9.10. The minimum atomic E-state index is -0.424. The number of anilines is 1. The Labute approximate surface area is 210 Å². The number of nitrogens with zero attached hydrogens (tertiary/aromatic N) is 4. The van der Waals surface area contributed by atoms with Crippen LogP contribution in [0, 0.1) is 11.3 Å². The maximum Gasteiger partial charge on any atom is 0.264 e. The Morgan fingerprint density at radius 2 is 1.86 bits per heavy atom. The van der Waals surface area contributed by atoms with E-state index in [1.165, 1.54) is 9.47 Å². The lowest BCUT2D eigenvalue weighted by Crippen LogP contribution is -2.32. The van der Waals surface area contributed by atoms with Gasteiger partial charge < -0.3 is 9.67 Å². The molecule has 2 aromatic carbocycles. The van der Waals surface area contributed by atoms with E-state index in [9.17, 15) is 20.0 Å². The van der Waals surface area contributed by atoms with Crippen molar-refractivity contribution in [3.63, 3.8) is 0 Å². The number of aromatic hydroxyl groups is 1. The molecule has 35 heavy (non-hydrogen) atoms. The van der Waals surface area contributed by atoms with Crippen molar-refractivity contribution in [1.82, 2.24) is 9.55 Å². The summed E-state index contributed by atoms with van der Waals surface area (Å²) in [5.74, 6) is -0.113. The fraction of sp³-hybridized carbons (Fsp3) is 0.185. The molecule has 4 aromatic rings. The molecule has 3 heterocycles. The third-order valence-corrected chi connectivity index (χ3v) is 7.04. The second-order valence-electron chi connectivity index (χ2n) is 8.63. The van der Waals surface area contributed by atoms with Gasteiger partial charge in [-0.3, -0.25) is 14.5 Å². The Morgan fingerprint density at radius 3 is 2.51 bits per heavy atom. The fourth-order valence-electron chi connectivity index (χ4n) is 4.67. The Balaban J connectivity index is 1.88. The van der Waals surface area contributed by atoms with E-state index in [0.29, 0.717) is 29.3 Å². The molecule has 8 heteroatoms. The van der Waals surface area contributed by atoms with Gasteiger partial charge in [-0.1, -0.05) is 40.2 Å². The monoisotopic (exact) mass is 528 g/mol. The Bertz CT molecular complexity index is 1600. The van der Waals surface area contributed by atoms with Crippen molar-refractivity contribution in [2.24, 2.45) is 7.05 Å². The van der Waals surface area contributed by atoms with Crippen molar-refractivity contribution in [2.75, 3.05) is 4.90 Å². The SMILES string of the molecule is CC1CCC(=O)N1c1nc(-c2c(O)c3ccccc3n(C)c2=O)cc(-c2ccc(Br)cc2)c1C#N. The number of fused-ring (bicyclic) bond motifs is 1. The van der Waals surface area contributed by atoms with Crippen LogP contribution in [0.25, 0.3) is 33.3 Å². The first kappa shape index (κ1) is 22.8. The van der Waals surface area contributed by atoms with Crippen molar-refractivity contribution < 1.29 is 9.90 Å². The molecule has 7 nitrogen and oxygen atoms in total. The number of para-hydroxylation sites is 1. The summed E-state index contributed by atoms with van der Waals surface area (Å²) in [7, 11) is 1.64. The largest absolute Gasteiger partial charge is 0.506 e. The number of carbonyl (C=O) groups excluding carboxylic acids is 1. The molecule has 1 saturated heterocycles. The van der Waals surface area contributed by atoms with Gasteiger partial charge in [0.2, 0.25) is 5.91 Å². The predicted molar refractivity (Wildman–Crippen MR) is 138 cm³/mol. The smallest absolute Gasteiger partial charge is 0.264 e. The highest BCUT2D eigenvalue weighted by atomic mass is 79.9. The molecule has 1 unspecified atom stereocenters. The number of aryl methyl sites for hydroxylation is 1. The number of nitriles is 1. The van der Waals surface area contributed by atoms with Crippen LogP contribution in [-0.2, 0) is 11.8 Å². The maximum atomic E-state index is 13.4. The number of amides is 1. The molecule has 0 spiro atoms. The molecule has 1 aliphatic rings. The van der Waals surface area contributed by atoms with Crippen LogP contribution in [0.3, 0.4) is 0 Å². The van der Waals surface area contributed by atoms with Gasteiger partial charge >= 0.3 is 0 Å². The number of benzene rings is 2. The summed E-state index contributed by atoms with van der Waals surface area (Å²) in [5.41, 5.74) is 1.89. The molecular weight excluding hydrogens is 508 g/mol. The molecule has 174 valence electrons. The molecule has 2 aromatic heterocycles. The van der Waals surface area contributed by atoms with Crippen molar-refractivity contribution >= 4 is 38.6 Å². The summed E-state index contributed by atoms with van der Waals surface area (Å²) < 4.78 is 2.34. The van der Waals surface area contributed by atoms with Crippen LogP contribution in [0.2, 0.25) is 0 Å². The van der Waals surface area contributed by atoms with E-state index in [0.717, 1.165) is 10.0 Å². The summed E-state index contributed by atoms with van der Waals surface area (Å²) in [6, 6.07) is 18.2. The number of pyridine rings is 2. The van der Waals surface area contributed by atoms with Gasteiger partial charge in [0.15, 0.2) is 5.82 Å². The highest BCUT2D eigenvalue weighted by Gasteiger charge is 2.33.